The molecule has 0 saturated carbocycles. The fourth-order valence-corrected chi connectivity index (χ4v) is 1.19. The van der Waals surface area contributed by atoms with Gasteiger partial charge in [0.2, 0.25) is 0 Å². The highest BCUT2D eigenvalue weighted by molar-refractivity contribution is 7.02. The number of hydrogen-bond acceptors (Lipinski definition) is 3. The maximum absolute atomic E-state index is 10.6. The summed E-state index contributed by atoms with van der Waals surface area (Å²) in [7, 11) is 0. The fourth-order valence-electron chi connectivity index (χ4n) is 0.554. The summed E-state index contributed by atoms with van der Waals surface area (Å²) in [5.41, 5.74) is -0.0425. The van der Waals surface area contributed by atoms with E-state index in [1.54, 1.807) is 0 Å². The second kappa shape index (κ2) is 2.20. The maximum atomic E-state index is 10.6. The summed E-state index contributed by atoms with van der Waals surface area (Å²) in [6, 6.07) is 0. The molecule has 10 heavy (non-hydrogen) atoms. The molecule has 0 saturated heterocycles. The Labute approximate surface area is 63.3 Å². The first kappa shape index (κ1) is 7.47. The lowest BCUT2D eigenvalue weighted by Crippen LogP contribution is -2.14. The number of aromatic nitrogens is 2. The van der Waals surface area contributed by atoms with Crippen molar-refractivity contribution >= 4 is 11.5 Å². The van der Waals surface area contributed by atoms with Gasteiger partial charge >= 0.3 is 4.87 Å². The van der Waals surface area contributed by atoms with Gasteiger partial charge in [-0.15, -0.1) is 0 Å². The average Bonchev–Trinajstić information content (AvgIpc) is 2.11. The van der Waals surface area contributed by atoms with Crippen molar-refractivity contribution in [1.82, 2.24) is 9.36 Å². The van der Waals surface area contributed by atoms with Crippen LogP contribution < -0.4 is 4.87 Å². The van der Waals surface area contributed by atoms with Crippen molar-refractivity contribution in [1.29, 1.82) is 0 Å². The first-order valence-electron chi connectivity index (χ1n) is 3.06. The van der Waals surface area contributed by atoms with E-state index in [0.29, 0.717) is 0 Å². The summed E-state index contributed by atoms with van der Waals surface area (Å²) in [6.45, 7) is 6.04. The summed E-state index contributed by atoms with van der Waals surface area (Å²) in [5, 5.41) is 0. The Morgan fingerprint density at radius 2 is 2.10 bits per heavy atom. The molecule has 0 unspecified atom stereocenters. The molecule has 0 spiro atoms. The summed E-state index contributed by atoms with van der Waals surface area (Å²) in [5.74, 6) is 0.766. The Morgan fingerprint density at radius 1 is 1.50 bits per heavy atom. The third-order valence-electron chi connectivity index (χ3n) is 1.15. The summed E-state index contributed by atoms with van der Waals surface area (Å²) in [6.07, 6.45) is 0. The predicted octanol–water partition coefficient (Wildman–Crippen LogP) is 1.13. The molecule has 4 heteroatoms. The van der Waals surface area contributed by atoms with E-state index in [1.165, 1.54) is 0 Å². The highest BCUT2D eigenvalue weighted by Crippen LogP contribution is 2.16. The monoisotopic (exact) mass is 158 g/mol. The van der Waals surface area contributed by atoms with E-state index in [-0.39, 0.29) is 10.3 Å². The van der Waals surface area contributed by atoms with Crippen LogP contribution in [0.4, 0.5) is 0 Å². The lowest BCUT2D eigenvalue weighted by atomic mass is 9.96. The van der Waals surface area contributed by atoms with Crippen molar-refractivity contribution in [2.45, 2.75) is 26.2 Å². The Bertz CT molecular complexity index is 268. The third kappa shape index (κ3) is 1.44. The summed E-state index contributed by atoms with van der Waals surface area (Å²) < 4.78 is 3.96. The molecule has 0 bridgehead atoms. The lowest BCUT2D eigenvalue weighted by Gasteiger charge is -2.12. The molecule has 0 aliphatic carbocycles. The molecule has 0 radical (unpaired) electrons. The number of hydrogen-bond donors (Lipinski definition) is 1. The molecule has 0 amide bonds. The van der Waals surface area contributed by atoms with Gasteiger partial charge in [-0.3, -0.25) is 9.78 Å². The Hall–Kier alpha value is -0.640. The van der Waals surface area contributed by atoms with Gasteiger partial charge in [-0.25, -0.2) is 0 Å². The van der Waals surface area contributed by atoms with Gasteiger partial charge in [-0.1, -0.05) is 20.8 Å². The molecule has 0 atom stereocenters. The van der Waals surface area contributed by atoms with Crippen LogP contribution in [0.5, 0.6) is 0 Å². The molecule has 0 fully saturated rings. The highest BCUT2D eigenvalue weighted by Gasteiger charge is 2.17. The quantitative estimate of drug-likeness (QED) is 0.615. The van der Waals surface area contributed by atoms with Crippen LogP contribution in [0.1, 0.15) is 26.6 Å². The molecule has 56 valence electrons. The molecule has 3 nitrogen and oxygen atoms in total. The van der Waals surface area contributed by atoms with E-state index in [9.17, 15) is 4.79 Å². The molecule has 1 N–H and O–H groups in total. The van der Waals surface area contributed by atoms with E-state index in [0.717, 1.165) is 17.4 Å². The molecule has 1 aromatic rings. The molecular weight excluding hydrogens is 148 g/mol. The summed E-state index contributed by atoms with van der Waals surface area (Å²) in [4.78, 5) is 13.2. The van der Waals surface area contributed by atoms with Crippen LogP contribution >= 0.6 is 11.5 Å². The van der Waals surface area contributed by atoms with Gasteiger partial charge in [0, 0.05) is 16.9 Å². The van der Waals surface area contributed by atoms with Gasteiger partial charge in [0.25, 0.3) is 0 Å². The van der Waals surface area contributed by atoms with Crippen LogP contribution in [0.3, 0.4) is 0 Å². The zero-order chi connectivity index (χ0) is 7.78. The molecule has 1 rings (SSSR count). The third-order valence-corrected chi connectivity index (χ3v) is 1.69. The van der Waals surface area contributed by atoms with Gasteiger partial charge in [-0.05, 0) is 0 Å². The van der Waals surface area contributed by atoms with Crippen LogP contribution in [0.25, 0.3) is 0 Å². The summed E-state index contributed by atoms with van der Waals surface area (Å²) >= 11 is 0.970. The minimum Gasteiger partial charge on any atom is -0.299 e. The molecule has 1 heterocycles. The number of aromatic amines is 1. The van der Waals surface area contributed by atoms with Gasteiger partial charge in [0.05, 0.1) is 0 Å². The second-order valence-electron chi connectivity index (χ2n) is 3.19. The number of rotatable bonds is 0. The van der Waals surface area contributed by atoms with E-state index in [2.05, 4.69) is 9.36 Å². The standard InChI is InChI=1S/C6H10N2OS/c1-6(2,3)4-7-5(9)10-8-4/h1-3H3,(H,7,8,9). The first-order chi connectivity index (χ1) is 4.50. The van der Waals surface area contributed by atoms with Gasteiger partial charge in [0.15, 0.2) is 0 Å². The Kier molecular flexibility index (Phi) is 1.64. The number of nitrogens with one attached hydrogen (secondary N) is 1. The van der Waals surface area contributed by atoms with Gasteiger partial charge in [0.1, 0.15) is 5.82 Å². The maximum Gasteiger partial charge on any atom is 0.323 e. The largest absolute Gasteiger partial charge is 0.323 e. The van der Waals surface area contributed by atoms with Crippen molar-refractivity contribution < 1.29 is 0 Å². The normalized spacial score (nSPS) is 11.9. The topological polar surface area (TPSA) is 45.8 Å². The minimum atomic E-state index is -0.0788. The fraction of sp³-hybridized carbons (Fsp3) is 0.667. The van der Waals surface area contributed by atoms with Crippen molar-refractivity contribution in [3.05, 3.63) is 15.5 Å². The zero-order valence-corrected chi connectivity index (χ0v) is 7.08. The second-order valence-corrected chi connectivity index (χ2v) is 3.93. The highest BCUT2D eigenvalue weighted by atomic mass is 32.1. The van der Waals surface area contributed by atoms with E-state index in [1.807, 2.05) is 20.8 Å². The number of H-pyrrole nitrogens is 1. The van der Waals surface area contributed by atoms with Crippen molar-refractivity contribution in [3.63, 3.8) is 0 Å². The van der Waals surface area contributed by atoms with E-state index in [4.69, 9.17) is 0 Å². The van der Waals surface area contributed by atoms with Gasteiger partial charge < -0.3 is 0 Å². The van der Waals surface area contributed by atoms with Crippen LogP contribution in [-0.2, 0) is 5.41 Å². The van der Waals surface area contributed by atoms with Crippen molar-refractivity contribution in [3.8, 4) is 0 Å². The molecule has 1 aromatic heterocycles. The van der Waals surface area contributed by atoms with Crippen LogP contribution in [0.2, 0.25) is 0 Å². The SMILES string of the molecule is CC(C)(C)c1nsc(=O)[nH]1. The molecular formula is C6H10N2OS. The smallest absolute Gasteiger partial charge is 0.299 e. The first-order valence-corrected chi connectivity index (χ1v) is 3.84. The van der Waals surface area contributed by atoms with Crippen LogP contribution in [0, 0.1) is 0 Å². The zero-order valence-electron chi connectivity index (χ0n) is 6.26. The van der Waals surface area contributed by atoms with E-state index < -0.39 is 0 Å². The Morgan fingerprint density at radius 3 is 2.30 bits per heavy atom. The number of nitrogens with zero attached hydrogens (tertiary/aromatic N) is 1. The minimum absolute atomic E-state index is 0.0425. The average molecular weight is 158 g/mol. The van der Waals surface area contributed by atoms with Crippen molar-refractivity contribution in [2.24, 2.45) is 0 Å². The van der Waals surface area contributed by atoms with E-state index >= 15 is 0 Å². The molecule has 0 aliphatic heterocycles. The molecule has 0 aliphatic rings. The van der Waals surface area contributed by atoms with Crippen LogP contribution in [0.15, 0.2) is 4.79 Å². The lowest BCUT2D eigenvalue weighted by molar-refractivity contribution is 0.553. The van der Waals surface area contributed by atoms with Crippen LogP contribution in [-0.4, -0.2) is 9.36 Å². The predicted molar refractivity (Wildman–Crippen MR) is 41.4 cm³/mol. The van der Waals surface area contributed by atoms with Gasteiger partial charge in [-0.2, -0.15) is 4.37 Å². The van der Waals surface area contributed by atoms with Crippen molar-refractivity contribution in [2.75, 3.05) is 0 Å². The Balaban J connectivity index is 3.07. The molecule has 0 aromatic carbocycles.